The van der Waals surface area contributed by atoms with Crippen molar-refractivity contribution < 1.29 is 0 Å². The van der Waals surface area contributed by atoms with Gasteiger partial charge in [0, 0.05) is 17.9 Å². The molecular weight excluding hydrogens is 252 g/mol. The number of thiazole rings is 1. The zero-order valence-electron chi connectivity index (χ0n) is 11.2. The third kappa shape index (κ3) is 1.91. The molecule has 0 radical (unpaired) electrons. The maximum Gasteiger partial charge on any atom is 0.0969 e. The second kappa shape index (κ2) is 4.29. The van der Waals surface area contributed by atoms with Gasteiger partial charge in [0.15, 0.2) is 0 Å². The molecule has 2 nitrogen and oxygen atoms in total. The number of aromatic nitrogens is 1. The number of benzene rings is 1. The molecule has 0 amide bonds. The van der Waals surface area contributed by atoms with E-state index in [2.05, 4.69) is 18.2 Å². The summed E-state index contributed by atoms with van der Waals surface area (Å²) in [4.78, 5) is 4.78. The summed E-state index contributed by atoms with van der Waals surface area (Å²) in [5, 5.41) is 1.35. The van der Waals surface area contributed by atoms with Gasteiger partial charge in [-0.05, 0) is 43.4 Å². The van der Waals surface area contributed by atoms with Crippen LogP contribution in [-0.4, -0.2) is 11.5 Å². The van der Waals surface area contributed by atoms with Crippen molar-refractivity contribution in [3.05, 3.63) is 28.8 Å². The molecule has 0 spiro atoms. The van der Waals surface area contributed by atoms with Gasteiger partial charge in [0.2, 0.25) is 0 Å². The Bertz CT molecular complexity index is 606. The van der Waals surface area contributed by atoms with Crippen molar-refractivity contribution in [3.63, 3.8) is 0 Å². The molecule has 0 atom stereocenters. The predicted molar refractivity (Wildman–Crippen MR) is 80.8 cm³/mol. The molecule has 100 valence electrons. The summed E-state index contributed by atoms with van der Waals surface area (Å²) in [7, 11) is 0. The number of fused-ring (bicyclic) bond motifs is 1. The van der Waals surface area contributed by atoms with Gasteiger partial charge in [0.1, 0.15) is 0 Å². The highest BCUT2D eigenvalue weighted by Gasteiger charge is 2.34. The second-order valence-electron chi connectivity index (χ2n) is 6.20. The third-order valence-electron chi connectivity index (χ3n) is 4.90. The topological polar surface area (TPSA) is 38.9 Å². The normalized spacial score (nSPS) is 22.2. The van der Waals surface area contributed by atoms with E-state index in [9.17, 15) is 0 Å². The number of hydrogen-bond acceptors (Lipinski definition) is 3. The fraction of sp³-hybridized carbons (Fsp3) is 0.562. The lowest BCUT2D eigenvalue weighted by atomic mass is 9.79. The van der Waals surface area contributed by atoms with Crippen molar-refractivity contribution in [3.8, 4) is 0 Å². The van der Waals surface area contributed by atoms with Crippen LogP contribution < -0.4 is 5.73 Å². The second-order valence-corrected chi connectivity index (χ2v) is 7.26. The number of nitrogens with zero attached hydrogens (tertiary/aromatic N) is 1. The predicted octanol–water partition coefficient (Wildman–Crippen LogP) is 3.94. The van der Waals surface area contributed by atoms with E-state index < -0.39 is 0 Å². The van der Waals surface area contributed by atoms with E-state index in [4.69, 9.17) is 10.7 Å². The number of nitrogens with two attached hydrogens (primary N) is 1. The van der Waals surface area contributed by atoms with Crippen molar-refractivity contribution >= 4 is 21.6 Å². The van der Waals surface area contributed by atoms with Crippen LogP contribution in [0.3, 0.4) is 0 Å². The summed E-state index contributed by atoms with van der Waals surface area (Å²) in [5.74, 6) is 0.760. The highest BCUT2D eigenvalue weighted by Crippen LogP contribution is 2.45. The third-order valence-corrected chi connectivity index (χ3v) is 6.08. The SMILES string of the molecule is NCC1(c2ccc3nc(C4CC4)sc3c2)CCCC1. The molecule has 3 heteroatoms. The molecule has 1 aromatic carbocycles. The Balaban J connectivity index is 1.77. The van der Waals surface area contributed by atoms with Gasteiger partial charge < -0.3 is 5.73 Å². The van der Waals surface area contributed by atoms with Crippen molar-refractivity contribution in [2.24, 2.45) is 5.73 Å². The standard InChI is InChI=1S/C16H20N2S/c17-10-16(7-1-2-8-16)12-5-6-13-14(9-12)19-15(18-13)11-3-4-11/h5-6,9,11H,1-4,7-8,10,17H2. The Morgan fingerprint density at radius 1 is 1.26 bits per heavy atom. The lowest BCUT2D eigenvalue weighted by molar-refractivity contribution is 0.453. The van der Waals surface area contributed by atoms with Crippen LogP contribution >= 0.6 is 11.3 Å². The maximum absolute atomic E-state index is 6.10. The molecule has 0 bridgehead atoms. The van der Waals surface area contributed by atoms with E-state index in [0.717, 1.165) is 12.5 Å². The minimum absolute atomic E-state index is 0.248. The van der Waals surface area contributed by atoms with E-state index in [1.165, 1.54) is 59.3 Å². The lowest BCUT2D eigenvalue weighted by Crippen LogP contribution is -2.31. The van der Waals surface area contributed by atoms with E-state index in [0.29, 0.717) is 0 Å². The van der Waals surface area contributed by atoms with E-state index >= 15 is 0 Å². The average molecular weight is 272 g/mol. The van der Waals surface area contributed by atoms with Crippen molar-refractivity contribution in [2.75, 3.05) is 6.54 Å². The van der Waals surface area contributed by atoms with Crippen LogP contribution in [0.4, 0.5) is 0 Å². The molecule has 1 heterocycles. The van der Waals surface area contributed by atoms with Crippen LogP contribution in [0, 0.1) is 0 Å². The number of hydrogen-bond donors (Lipinski definition) is 1. The van der Waals surface area contributed by atoms with Gasteiger partial charge in [-0.2, -0.15) is 0 Å². The van der Waals surface area contributed by atoms with Gasteiger partial charge >= 0.3 is 0 Å². The zero-order chi connectivity index (χ0) is 12.9. The molecule has 2 aliphatic carbocycles. The Morgan fingerprint density at radius 2 is 2.05 bits per heavy atom. The summed E-state index contributed by atoms with van der Waals surface area (Å²) in [6.45, 7) is 0.785. The molecular formula is C16H20N2S. The molecule has 2 fully saturated rings. The van der Waals surface area contributed by atoms with Crippen LogP contribution in [0.2, 0.25) is 0 Å². The van der Waals surface area contributed by atoms with Crippen LogP contribution in [-0.2, 0) is 5.41 Å². The highest BCUT2D eigenvalue weighted by atomic mass is 32.1. The molecule has 2 aliphatic rings. The van der Waals surface area contributed by atoms with Crippen LogP contribution in [0.5, 0.6) is 0 Å². The first kappa shape index (κ1) is 11.9. The molecule has 1 aromatic heterocycles. The fourth-order valence-corrected chi connectivity index (χ4v) is 4.62. The minimum atomic E-state index is 0.248. The van der Waals surface area contributed by atoms with Gasteiger partial charge in [0.05, 0.1) is 15.2 Å². The van der Waals surface area contributed by atoms with E-state index in [1.807, 2.05) is 11.3 Å². The van der Waals surface area contributed by atoms with E-state index in [1.54, 1.807) is 0 Å². The zero-order valence-corrected chi connectivity index (χ0v) is 12.0. The van der Waals surface area contributed by atoms with E-state index in [-0.39, 0.29) is 5.41 Å². The first-order chi connectivity index (χ1) is 9.31. The first-order valence-electron chi connectivity index (χ1n) is 7.42. The molecule has 0 aliphatic heterocycles. The molecule has 2 N–H and O–H groups in total. The molecule has 4 rings (SSSR count). The van der Waals surface area contributed by atoms with Gasteiger partial charge in [-0.3, -0.25) is 0 Å². The van der Waals surface area contributed by atoms with Crippen LogP contribution in [0.25, 0.3) is 10.2 Å². The Hall–Kier alpha value is -0.930. The minimum Gasteiger partial charge on any atom is -0.330 e. The molecule has 2 aromatic rings. The van der Waals surface area contributed by atoms with Gasteiger partial charge in [-0.1, -0.05) is 18.9 Å². The average Bonchev–Trinajstić information content (AvgIpc) is 3.03. The molecule has 19 heavy (non-hydrogen) atoms. The molecule has 0 unspecified atom stereocenters. The monoisotopic (exact) mass is 272 g/mol. The Morgan fingerprint density at radius 3 is 2.74 bits per heavy atom. The van der Waals surface area contributed by atoms with Crippen molar-refractivity contribution in [1.29, 1.82) is 0 Å². The number of rotatable bonds is 3. The smallest absolute Gasteiger partial charge is 0.0969 e. The summed E-state index contributed by atoms with van der Waals surface area (Å²) < 4.78 is 1.36. The van der Waals surface area contributed by atoms with Gasteiger partial charge in [0.25, 0.3) is 0 Å². The quantitative estimate of drug-likeness (QED) is 0.919. The summed E-state index contributed by atoms with van der Waals surface area (Å²) >= 11 is 1.90. The first-order valence-corrected chi connectivity index (χ1v) is 8.23. The Kier molecular flexibility index (Phi) is 2.68. The van der Waals surface area contributed by atoms with Crippen LogP contribution in [0.1, 0.15) is 55.0 Å². The fourth-order valence-electron chi connectivity index (χ4n) is 3.44. The maximum atomic E-state index is 6.10. The van der Waals surface area contributed by atoms with Gasteiger partial charge in [-0.25, -0.2) is 4.98 Å². The summed E-state index contributed by atoms with van der Waals surface area (Å²) in [6.07, 6.45) is 7.82. The highest BCUT2D eigenvalue weighted by molar-refractivity contribution is 7.18. The molecule has 0 saturated heterocycles. The largest absolute Gasteiger partial charge is 0.330 e. The van der Waals surface area contributed by atoms with Crippen molar-refractivity contribution in [2.45, 2.75) is 49.9 Å². The van der Waals surface area contributed by atoms with Crippen LogP contribution in [0.15, 0.2) is 18.2 Å². The Labute approximate surface area is 118 Å². The molecule has 2 saturated carbocycles. The van der Waals surface area contributed by atoms with Gasteiger partial charge in [-0.15, -0.1) is 11.3 Å². The summed E-state index contributed by atoms with van der Waals surface area (Å²) in [5.41, 5.74) is 8.98. The lowest BCUT2D eigenvalue weighted by Gasteiger charge is -2.27. The van der Waals surface area contributed by atoms with Crippen molar-refractivity contribution in [1.82, 2.24) is 4.98 Å². The summed E-state index contributed by atoms with van der Waals surface area (Å²) in [6, 6.07) is 6.86.